The van der Waals surface area contributed by atoms with Crippen molar-refractivity contribution in [3.63, 3.8) is 0 Å². The molecule has 2 aliphatic carbocycles. The van der Waals surface area contributed by atoms with E-state index in [2.05, 4.69) is 30.7 Å². The van der Waals surface area contributed by atoms with E-state index in [-0.39, 0.29) is 45.8 Å². The Morgan fingerprint density at radius 1 is 0.571 bits per heavy atom. The number of amides is 2. The van der Waals surface area contributed by atoms with Crippen LogP contribution in [0.1, 0.15) is 85.2 Å². The Labute approximate surface area is 324 Å². The Bertz CT molecular complexity index is 1930. The largest absolute Gasteiger partial charge is 0.355 e. The molecule has 0 unspecified atom stereocenters. The molecule has 56 heavy (non-hydrogen) atoms. The maximum absolute atomic E-state index is 13.9. The molecule has 4 heterocycles. The zero-order valence-corrected chi connectivity index (χ0v) is 31.6. The number of piperidine rings is 2. The standard InChI is InChI=1S/C22H27F2N3O2.C20H23F2N3O2/c23-17-5-6-18(19(24)11-17)21-12-20(26-29-21)22(28)25-13-15-7-9-27(10-8-15)14-16-3-1-2-4-16;21-15-3-4-16(17(22)9-15)19-10-18(24-27-19)20(26)23-11-13-5-7-25(8-6-13)12-14-1-2-14/h5-6,11-12,15-16H,1-4,7-10,13-14H2,(H,25,28);3-4,9-10,13-14H,1-2,5-8,11-12H2,(H,23,26). The molecule has 300 valence electrons. The molecule has 4 aromatic rings. The molecular weight excluding hydrogens is 728 g/mol. The number of carbonyl (C=O) groups is 2. The van der Waals surface area contributed by atoms with E-state index in [1.807, 2.05) is 0 Å². The Balaban J connectivity index is 0.000000172. The van der Waals surface area contributed by atoms with Gasteiger partial charge in [0.05, 0.1) is 11.1 Å². The second-order valence-electron chi connectivity index (χ2n) is 15.9. The maximum atomic E-state index is 13.9. The number of rotatable bonds is 12. The number of benzene rings is 2. The number of halogens is 4. The highest BCUT2D eigenvalue weighted by Gasteiger charge is 2.28. The van der Waals surface area contributed by atoms with E-state index in [1.165, 1.54) is 75.9 Å². The predicted molar refractivity (Wildman–Crippen MR) is 201 cm³/mol. The Morgan fingerprint density at radius 3 is 1.38 bits per heavy atom. The van der Waals surface area contributed by atoms with Gasteiger partial charge in [0.15, 0.2) is 22.9 Å². The summed E-state index contributed by atoms with van der Waals surface area (Å²) in [5.74, 6) is -0.608. The zero-order chi connectivity index (χ0) is 39.0. The van der Waals surface area contributed by atoms with Crippen molar-refractivity contribution in [3.05, 3.63) is 83.2 Å². The highest BCUT2D eigenvalue weighted by molar-refractivity contribution is 5.93. The molecule has 2 aliphatic heterocycles. The number of hydrogen-bond donors (Lipinski definition) is 2. The minimum absolute atomic E-state index is 0.0750. The van der Waals surface area contributed by atoms with E-state index in [0.29, 0.717) is 24.9 Å². The van der Waals surface area contributed by atoms with Crippen molar-refractivity contribution in [3.8, 4) is 22.6 Å². The molecule has 0 bridgehead atoms. The van der Waals surface area contributed by atoms with Crippen LogP contribution in [0, 0.1) is 46.9 Å². The smallest absolute Gasteiger partial charge is 0.273 e. The van der Waals surface area contributed by atoms with Crippen LogP contribution in [0.25, 0.3) is 22.6 Å². The minimum atomic E-state index is -0.754. The van der Waals surface area contributed by atoms with Crippen LogP contribution in [-0.4, -0.2) is 84.3 Å². The van der Waals surface area contributed by atoms with Crippen LogP contribution in [-0.2, 0) is 0 Å². The van der Waals surface area contributed by atoms with E-state index < -0.39 is 23.3 Å². The SMILES string of the molecule is O=C(NCC1CCN(CC2CC2)CC1)c1cc(-c2ccc(F)cc2F)on1.O=C(NCC1CCN(CC2CCCC2)CC1)c1cc(-c2ccc(F)cc2F)on1. The fraction of sp³-hybridized carbons (Fsp3) is 0.524. The number of hydrogen-bond acceptors (Lipinski definition) is 8. The van der Waals surface area contributed by atoms with Crippen LogP contribution in [0.2, 0.25) is 0 Å². The lowest BCUT2D eigenvalue weighted by atomic mass is 9.95. The molecule has 0 radical (unpaired) electrons. The number of likely N-dealkylation sites (tertiary alicyclic amines) is 2. The van der Waals surface area contributed by atoms with Gasteiger partial charge in [-0.2, -0.15) is 0 Å². The molecule has 4 aliphatic rings. The molecule has 4 fully saturated rings. The van der Waals surface area contributed by atoms with Crippen LogP contribution < -0.4 is 10.6 Å². The first-order chi connectivity index (χ1) is 27.2. The van der Waals surface area contributed by atoms with Crippen molar-refractivity contribution in [2.24, 2.45) is 23.7 Å². The average Bonchev–Trinajstić information content (AvgIpc) is 3.55. The van der Waals surface area contributed by atoms with E-state index in [4.69, 9.17) is 9.05 Å². The van der Waals surface area contributed by atoms with Gasteiger partial charge in [0.1, 0.15) is 23.3 Å². The van der Waals surface area contributed by atoms with Crippen LogP contribution in [0.4, 0.5) is 17.6 Å². The first kappa shape index (κ1) is 39.7. The molecule has 2 amide bonds. The second-order valence-corrected chi connectivity index (χ2v) is 15.9. The van der Waals surface area contributed by atoms with Crippen molar-refractivity contribution in [1.29, 1.82) is 0 Å². The van der Waals surface area contributed by atoms with Gasteiger partial charge in [-0.1, -0.05) is 23.2 Å². The third-order valence-corrected chi connectivity index (χ3v) is 11.6. The molecule has 0 atom stereocenters. The first-order valence-corrected chi connectivity index (χ1v) is 20.0. The summed E-state index contributed by atoms with van der Waals surface area (Å²) in [6.07, 6.45) is 12.6. The van der Waals surface area contributed by atoms with E-state index in [0.717, 1.165) is 88.0 Å². The highest BCUT2D eigenvalue weighted by atomic mass is 19.1. The number of nitrogens with one attached hydrogen (secondary N) is 2. The van der Waals surface area contributed by atoms with Crippen LogP contribution >= 0.6 is 0 Å². The van der Waals surface area contributed by atoms with Crippen molar-refractivity contribution in [2.45, 2.75) is 64.2 Å². The molecule has 8 rings (SSSR count). The van der Waals surface area contributed by atoms with Crippen LogP contribution in [0.3, 0.4) is 0 Å². The van der Waals surface area contributed by atoms with Crippen LogP contribution in [0.5, 0.6) is 0 Å². The normalized spacial score (nSPS) is 18.8. The Hall–Kier alpha value is -4.56. The van der Waals surface area contributed by atoms with E-state index in [1.54, 1.807) is 0 Å². The number of nitrogens with zero attached hydrogens (tertiary/aromatic N) is 4. The average molecular weight is 779 g/mol. The summed E-state index contributed by atoms with van der Waals surface area (Å²) in [5.41, 5.74) is 0.348. The molecule has 2 saturated carbocycles. The van der Waals surface area contributed by atoms with Gasteiger partial charge in [0.2, 0.25) is 0 Å². The fourth-order valence-corrected chi connectivity index (χ4v) is 8.02. The summed E-state index contributed by atoms with van der Waals surface area (Å²) in [6, 6.07) is 9.12. The van der Waals surface area contributed by atoms with Gasteiger partial charge in [-0.15, -0.1) is 0 Å². The van der Waals surface area contributed by atoms with E-state index >= 15 is 0 Å². The summed E-state index contributed by atoms with van der Waals surface area (Å²) in [6.45, 7) is 8.02. The number of aromatic nitrogens is 2. The van der Waals surface area contributed by atoms with Gasteiger partial charge in [-0.25, -0.2) is 17.6 Å². The third kappa shape index (κ3) is 10.8. The monoisotopic (exact) mass is 778 g/mol. The second kappa shape index (κ2) is 18.6. The van der Waals surface area contributed by atoms with Crippen molar-refractivity contribution in [2.75, 3.05) is 52.4 Å². The predicted octanol–water partition coefficient (Wildman–Crippen LogP) is 7.72. The molecule has 2 saturated heterocycles. The quantitative estimate of drug-likeness (QED) is 0.141. The molecule has 2 N–H and O–H groups in total. The summed E-state index contributed by atoms with van der Waals surface area (Å²) in [5, 5.41) is 13.3. The lowest BCUT2D eigenvalue weighted by Gasteiger charge is -2.33. The summed E-state index contributed by atoms with van der Waals surface area (Å²) in [7, 11) is 0. The third-order valence-electron chi connectivity index (χ3n) is 11.6. The molecule has 2 aromatic carbocycles. The summed E-state index contributed by atoms with van der Waals surface area (Å²) in [4.78, 5) is 29.7. The van der Waals surface area contributed by atoms with Gasteiger partial charge in [-0.3, -0.25) is 9.59 Å². The number of carbonyl (C=O) groups excluding carboxylic acids is 2. The maximum Gasteiger partial charge on any atom is 0.273 e. The zero-order valence-electron chi connectivity index (χ0n) is 31.6. The Morgan fingerprint density at radius 2 is 0.982 bits per heavy atom. The minimum Gasteiger partial charge on any atom is -0.355 e. The molecule has 0 spiro atoms. The molecular formula is C42H50F4N6O4. The van der Waals surface area contributed by atoms with Crippen molar-refractivity contribution >= 4 is 11.8 Å². The molecule has 2 aromatic heterocycles. The summed E-state index contributed by atoms with van der Waals surface area (Å²) >= 11 is 0. The van der Waals surface area contributed by atoms with Gasteiger partial charge in [-0.05, 0) is 125 Å². The topological polar surface area (TPSA) is 117 Å². The highest BCUT2D eigenvalue weighted by Crippen LogP contribution is 2.32. The lowest BCUT2D eigenvalue weighted by Crippen LogP contribution is -2.40. The molecule has 10 nitrogen and oxygen atoms in total. The molecule has 14 heteroatoms. The Kier molecular flexibility index (Phi) is 13.2. The van der Waals surface area contributed by atoms with Crippen LogP contribution in [0.15, 0.2) is 57.6 Å². The van der Waals surface area contributed by atoms with E-state index in [9.17, 15) is 27.2 Å². The van der Waals surface area contributed by atoms with Gasteiger partial charge in [0, 0.05) is 50.4 Å². The van der Waals surface area contributed by atoms with Gasteiger partial charge in [0.25, 0.3) is 11.8 Å². The first-order valence-electron chi connectivity index (χ1n) is 20.0. The van der Waals surface area contributed by atoms with Gasteiger partial charge >= 0.3 is 0 Å². The van der Waals surface area contributed by atoms with Crippen molar-refractivity contribution < 1.29 is 36.2 Å². The van der Waals surface area contributed by atoms with Gasteiger partial charge < -0.3 is 29.5 Å². The lowest BCUT2D eigenvalue weighted by molar-refractivity contribution is 0.0917. The fourth-order valence-electron chi connectivity index (χ4n) is 8.02. The summed E-state index contributed by atoms with van der Waals surface area (Å²) < 4.78 is 63.9. The van der Waals surface area contributed by atoms with Crippen molar-refractivity contribution in [1.82, 2.24) is 30.7 Å².